The fourth-order valence-corrected chi connectivity index (χ4v) is 5.25. The fourth-order valence-electron chi connectivity index (χ4n) is 4.81. The zero-order valence-electron chi connectivity index (χ0n) is 23.9. The molecule has 0 bridgehead atoms. The summed E-state index contributed by atoms with van der Waals surface area (Å²) in [6, 6.07) is 6.39. The second kappa shape index (κ2) is 14.6. The van der Waals surface area contributed by atoms with E-state index in [1.165, 1.54) is 45.6 Å². The first kappa shape index (κ1) is 31.3. The number of aromatic nitrogens is 5. The molecule has 2 N–H and O–H groups in total. The summed E-state index contributed by atoms with van der Waals surface area (Å²) in [7, 11) is 0. The molecule has 2 amide bonds. The third-order valence-electron chi connectivity index (χ3n) is 7.00. The monoisotopic (exact) mass is 630 g/mol. The molecule has 16 heteroatoms. The number of nitrogens with zero attached hydrogens (tertiary/aromatic N) is 7. The first-order valence-corrected chi connectivity index (χ1v) is 15.1. The lowest BCUT2D eigenvalue weighted by Gasteiger charge is -2.34. The molecule has 0 saturated carbocycles. The zero-order chi connectivity index (χ0) is 31.1. The number of aliphatic hydroxyl groups excluding tert-OH is 1. The first-order chi connectivity index (χ1) is 21.4. The number of carbonyl (C=O) groups excluding carboxylic acids is 2. The topological polar surface area (TPSA) is 139 Å². The molecule has 3 aromatic heterocycles. The van der Waals surface area contributed by atoms with Crippen LogP contribution in [0.1, 0.15) is 10.4 Å². The number of hydrogen-bond donors (Lipinski definition) is 2. The molecule has 44 heavy (non-hydrogen) atoms. The normalized spacial score (nSPS) is 14.0. The van der Waals surface area contributed by atoms with Crippen LogP contribution in [-0.2, 0) is 16.1 Å². The van der Waals surface area contributed by atoms with Gasteiger partial charge in [0.1, 0.15) is 23.6 Å². The maximum atomic E-state index is 13.4. The van der Waals surface area contributed by atoms with Crippen molar-refractivity contribution in [2.24, 2.45) is 0 Å². The number of amides is 2. The number of alkyl halides is 2. The Balaban J connectivity index is 1.39. The Bertz CT molecular complexity index is 1590. The summed E-state index contributed by atoms with van der Waals surface area (Å²) < 4.78 is 39.7. The van der Waals surface area contributed by atoms with Crippen molar-refractivity contribution in [3.05, 3.63) is 54.6 Å². The molecule has 5 rings (SSSR count). The van der Waals surface area contributed by atoms with E-state index < -0.39 is 12.5 Å². The van der Waals surface area contributed by atoms with Crippen LogP contribution in [0.25, 0.3) is 16.9 Å². The molecule has 1 aliphatic rings. The van der Waals surface area contributed by atoms with E-state index in [9.17, 15) is 18.4 Å². The zero-order valence-corrected chi connectivity index (χ0v) is 24.8. The summed E-state index contributed by atoms with van der Waals surface area (Å²) in [6.07, 6.45) is 7.91. The number of benzene rings is 1. The van der Waals surface area contributed by atoms with Gasteiger partial charge in [-0.15, -0.1) is 11.8 Å². The Morgan fingerprint density at radius 3 is 2.75 bits per heavy atom. The van der Waals surface area contributed by atoms with Gasteiger partial charge in [-0.2, -0.15) is 19.0 Å². The summed E-state index contributed by atoms with van der Waals surface area (Å²) in [6.45, 7) is 0.625. The predicted molar refractivity (Wildman–Crippen MR) is 158 cm³/mol. The van der Waals surface area contributed by atoms with Gasteiger partial charge in [0.2, 0.25) is 5.91 Å². The smallest absolute Gasteiger partial charge is 0.387 e. The lowest BCUT2D eigenvalue weighted by Crippen LogP contribution is -2.50. The molecular weight excluding hydrogens is 598 g/mol. The molecule has 0 atom stereocenters. The maximum absolute atomic E-state index is 13.4. The number of hydrogen-bond acceptors (Lipinski definition) is 10. The van der Waals surface area contributed by atoms with Crippen LogP contribution in [0.3, 0.4) is 0 Å². The van der Waals surface area contributed by atoms with E-state index >= 15 is 0 Å². The molecule has 0 spiro atoms. The van der Waals surface area contributed by atoms with E-state index in [0.29, 0.717) is 51.6 Å². The molecule has 0 unspecified atom stereocenters. The largest absolute Gasteiger partial charge is 0.434 e. The van der Waals surface area contributed by atoms with E-state index in [-0.39, 0.29) is 47.3 Å². The molecule has 13 nitrogen and oxygen atoms in total. The van der Waals surface area contributed by atoms with Gasteiger partial charge in [0.25, 0.3) is 5.91 Å². The van der Waals surface area contributed by atoms with Gasteiger partial charge >= 0.3 is 6.61 Å². The Morgan fingerprint density at radius 1 is 1.18 bits per heavy atom. The molecular formula is C28H32F2N8O5S. The van der Waals surface area contributed by atoms with Crippen LogP contribution in [-0.4, -0.2) is 117 Å². The molecule has 234 valence electrons. The van der Waals surface area contributed by atoms with Crippen LogP contribution in [0.2, 0.25) is 0 Å². The summed E-state index contributed by atoms with van der Waals surface area (Å²) in [5.41, 5.74) is 1.12. The summed E-state index contributed by atoms with van der Waals surface area (Å²) in [4.78, 5) is 35.5. The number of piperazine rings is 1. The van der Waals surface area contributed by atoms with Crippen molar-refractivity contribution in [1.82, 2.24) is 34.2 Å². The number of nitrogens with one attached hydrogen (secondary N) is 1. The quantitative estimate of drug-likeness (QED) is 0.167. The molecule has 0 radical (unpaired) electrons. The molecule has 0 aliphatic carbocycles. The highest BCUT2D eigenvalue weighted by atomic mass is 32.2. The molecule has 1 aromatic carbocycles. The number of thioether (sulfide) groups is 1. The lowest BCUT2D eigenvalue weighted by atomic mass is 10.1. The number of ether oxygens (including phenoxy) is 2. The SMILES string of the molecule is CSc1ccc(OC(F)F)c(-c2nn(CC(=O)N3CCN(CCOCCO)CC3)cc2NC(=O)c2cnn3cccnc23)c1. The van der Waals surface area contributed by atoms with Crippen LogP contribution < -0.4 is 10.1 Å². The number of rotatable bonds is 13. The average molecular weight is 631 g/mol. The van der Waals surface area contributed by atoms with Crippen LogP contribution in [0.4, 0.5) is 14.5 Å². The van der Waals surface area contributed by atoms with Crippen molar-refractivity contribution in [3.8, 4) is 17.0 Å². The third-order valence-corrected chi connectivity index (χ3v) is 7.73. The van der Waals surface area contributed by atoms with Crippen molar-refractivity contribution in [2.45, 2.75) is 18.1 Å². The lowest BCUT2D eigenvalue weighted by molar-refractivity contribution is -0.133. The van der Waals surface area contributed by atoms with Gasteiger partial charge < -0.3 is 24.8 Å². The van der Waals surface area contributed by atoms with Gasteiger partial charge in [-0.25, -0.2) is 9.50 Å². The second-order valence-electron chi connectivity index (χ2n) is 9.79. The van der Waals surface area contributed by atoms with Gasteiger partial charge in [0, 0.05) is 61.8 Å². The van der Waals surface area contributed by atoms with E-state index in [0.717, 1.165) is 4.90 Å². The van der Waals surface area contributed by atoms with Crippen LogP contribution >= 0.6 is 11.8 Å². The standard InChI is InChI=1S/C28H32F2N8O5S/c1-44-19-3-4-23(43-28(29)30)20(15-19)25-22(33-27(41)21-16-32-38-6-2-5-31-26(21)38)17-37(34-25)18-24(40)36-9-7-35(8-10-36)11-13-42-14-12-39/h2-6,15-17,28,39H,7-14,18H2,1H3,(H,33,41). The molecule has 1 saturated heterocycles. The fraction of sp³-hybridized carbons (Fsp3) is 0.393. The van der Waals surface area contributed by atoms with Crippen molar-refractivity contribution < 1.29 is 33.0 Å². The minimum absolute atomic E-state index is 0.0235. The van der Waals surface area contributed by atoms with Crippen molar-refractivity contribution in [3.63, 3.8) is 0 Å². The number of anilines is 1. The Labute approximate surface area is 255 Å². The number of aliphatic hydroxyl groups is 1. The highest BCUT2D eigenvalue weighted by molar-refractivity contribution is 7.98. The van der Waals surface area contributed by atoms with Gasteiger partial charge in [0.05, 0.1) is 31.7 Å². The van der Waals surface area contributed by atoms with Gasteiger partial charge in [-0.3, -0.25) is 19.2 Å². The van der Waals surface area contributed by atoms with Crippen LogP contribution in [0.15, 0.2) is 53.9 Å². The Kier molecular flexibility index (Phi) is 10.4. The minimum Gasteiger partial charge on any atom is -0.434 e. The minimum atomic E-state index is -3.08. The Morgan fingerprint density at radius 2 is 2.00 bits per heavy atom. The van der Waals surface area contributed by atoms with E-state index in [1.807, 2.05) is 6.26 Å². The maximum Gasteiger partial charge on any atom is 0.387 e. The highest BCUT2D eigenvalue weighted by Gasteiger charge is 2.25. The summed E-state index contributed by atoms with van der Waals surface area (Å²) >= 11 is 1.40. The van der Waals surface area contributed by atoms with Crippen LogP contribution in [0.5, 0.6) is 5.75 Å². The number of fused-ring (bicyclic) bond motifs is 1. The van der Waals surface area contributed by atoms with E-state index in [2.05, 4.69) is 25.4 Å². The molecule has 1 fully saturated rings. The summed E-state index contributed by atoms with van der Waals surface area (Å²) in [5.74, 6) is -0.842. The van der Waals surface area contributed by atoms with Crippen molar-refractivity contribution in [1.29, 1.82) is 0 Å². The van der Waals surface area contributed by atoms with Gasteiger partial charge in [-0.1, -0.05) is 0 Å². The van der Waals surface area contributed by atoms with Crippen molar-refractivity contribution >= 4 is 34.9 Å². The summed E-state index contributed by atoms with van der Waals surface area (Å²) in [5, 5.41) is 20.4. The number of carbonyl (C=O) groups is 2. The van der Waals surface area contributed by atoms with E-state index in [1.54, 1.807) is 29.3 Å². The molecule has 4 heterocycles. The third kappa shape index (κ3) is 7.50. The van der Waals surface area contributed by atoms with Gasteiger partial charge in [0.15, 0.2) is 5.65 Å². The first-order valence-electron chi connectivity index (χ1n) is 13.9. The van der Waals surface area contributed by atoms with Crippen LogP contribution in [0, 0.1) is 0 Å². The molecule has 1 aliphatic heterocycles. The highest BCUT2D eigenvalue weighted by Crippen LogP contribution is 2.37. The number of halogens is 2. The molecule has 4 aromatic rings. The van der Waals surface area contributed by atoms with Gasteiger partial charge in [-0.05, 0) is 30.5 Å². The average Bonchev–Trinajstić information content (AvgIpc) is 3.63. The predicted octanol–water partition coefficient (Wildman–Crippen LogP) is 2.32. The second-order valence-corrected chi connectivity index (χ2v) is 10.7. The van der Waals surface area contributed by atoms with Crippen molar-refractivity contribution in [2.75, 3.05) is 64.1 Å². The van der Waals surface area contributed by atoms with E-state index in [4.69, 9.17) is 14.6 Å². The Hall–Kier alpha value is -4.12.